The SMILES string of the molecule is CN(C)c1ccc2c(=O)c(C(=O)NC(C(F)(F)F)C(F)(F)F)cn(-c3ccc(F)cc3F)c2n1. The minimum absolute atomic E-state index is 0.245. The van der Waals surface area contributed by atoms with Gasteiger partial charge in [-0.1, -0.05) is 0 Å². The number of rotatable bonds is 4. The highest BCUT2D eigenvalue weighted by molar-refractivity contribution is 5.97. The highest BCUT2D eigenvalue weighted by Gasteiger charge is 2.57. The van der Waals surface area contributed by atoms with Crippen LogP contribution in [0.2, 0.25) is 0 Å². The number of carbonyl (C=O) groups is 1. The standard InChI is InChI=1S/C20H14F8N4O2/c1-31(2)14-6-4-10-15(33)11(17(34)30-18(19(23,24)25)20(26,27)28)8-32(16(10)29-14)13-5-3-9(21)7-12(13)22/h3-8,18H,1-2H3,(H,30,34). The van der Waals surface area contributed by atoms with Gasteiger partial charge in [0.1, 0.15) is 23.0 Å². The zero-order chi connectivity index (χ0) is 25.6. The maximum absolute atomic E-state index is 14.5. The molecule has 3 aromatic rings. The van der Waals surface area contributed by atoms with Crippen LogP contribution in [0, 0.1) is 11.6 Å². The molecule has 0 bridgehead atoms. The van der Waals surface area contributed by atoms with Crippen LogP contribution in [0.1, 0.15) is 10.4 Å². The lowest BCUT2D eigenvalue weighted by Gasteiger charge is -2.24. The Labute approximate surface area is 185 Å². The van der Waals surface area contributed by atoms with E-state index in [1.807, 2.05) is 0 Å². The molecule has 0 saturated heterocycles. The zero-order valence-electron chi connectivity index (χ0n) is 17.2. The molecule has 6 nitrogen and oxygen atoms in total. The lowest BCUT2D eigenvalue weighted by molar-refractivity contribution is -0.255. The van der Waals surface area contributed by atoms with Crippen molar-refractivity contribution in [2.75, 3.05) is 19.0 Å². The van der Waals surface area contributed by atoms with Crippen molar-refractivity contribution in [1.29, 1.82) is 0 Å². The maximum Gasteiger partial charge on any atom is 0.417 e. The van der Waals surface area contributed by atoms with E-state index in [9.17, 15) is 44.7 Å². The van der Waals surface area contributed by atoms with Crippen LogP contribution >= 0.6 is 0 Å². The van der Waals surface area contributed by atoms with Crippen molar-refractivity contribution < 1.29 is 39.9 Å². The van der Waals surface area contributed by atoms with Gasteiger partial charge in [0, 0.05) is 26.4 Å². The number of pyridine rings is 2. The normalized spacial score (nSPS) is 12.3. The fraction of sp³-hybridized carbons (Fsp3) is 0.250. The van der Waals surface area contributed by atoms with E-state index >= 15 is 0 Å². The zero-order valence-corrected chi connectivity index (χ0v) is 17.2. The maximum atomic E-state index is 14.5. The number of halogens is 8. The van der Waals surface area contributed by atoms with Gasteiger partial charge in [0.2, 0.25) is 11.5 Å². The van der Waals surface area contributed by atoms with Crippen LogP contribution in [-0.4, -0.2) is 47.9 Å². The van der Waals surface area contributed by atoms with E-state index in [4.69, 9.17) is 0 Å². The second kappa shape index (κ2) is 8.57. The van der Waals surface area contributed by atoms with Crippen molar-refractivity contribution in [2.24, 2.45) is 0 Å². The molecule has 0 aliphatic carbocycles. The van der Waals surface area contributed by atoms with Crippen molar-refractivity contribution in [1.82, 2.24) is 14.9 Å². The second-order valence-electron chi connectivity index (χ2n) is 7.26. The molecule has 0 saturated carbocycles. The van der Waals surface area contributed by atoms with Gasteiger partial charge in [0.15, 0.2) is 5.65 Å². The Balaban J connectivity index is 2.28. The molecule has 0 radical (unpaired) electrons. The topological polar surface area (TPSA) is 67.2 Å². The van der Waals surface area contributed by atoms with Gasteiger partial charge in [0.05, 0.1) is 11.1 Å². The van der Waals surface area contributed by atoms with Gasteiger partial charge in [0.25, 0.3) is 5.91 Å². The Morgan fingerprint density at radius 1 is 1.03 bits per heavy atom. The predicted octanol–water partition coefficient (Wildman–Crippen LogP) is 3.95. The van der Waals surface area contributed by atoms with E-state index in [1.54, 1.807) is 14.1 Å². The fourth-order valence-electron chi connectivity index (χ4n) is 3.02. The summed E-state index contributed by atoms with van der Waals surface area (Å²) in [5.41, 5.74) is -3.13. The van der Waals surface area contributed by atoms with Crippen molar-refractivity contribution in [3.63, 3.8) is 0 Å². The number of fused-ring (bicyclic) bond motifs is 1. The Bertz CT molecular complexity index is 1300. The van der Waals surface area contributed by atoms with Crippen molar-refractivity contribution in [3.8, 4) is 5.69 Å². The molecular formula is C20H14F8N4O2. The molecular weight excluding hydrogens is 480 g/mol. The molecule has 1 aromatic carbocycles. The molecule has 0 aliphatic heterocycles. The molecule has 34 heavy (non-hydrogen) atoms. The minimum atomic E-state index is -5.91. The first-order chi connectivity index (χ1) is 15.6. The van der Waals surface area contributed by atoms with Gasteiger partial charge in [-0.3, -0.25) is 14.2 Å². The third-order valence-electron chi connectivity index (χ3n) is 4.64. The van der Waals surface area contributed by atoms with Crippen LogP contribution in [0.15, 0.2) is 41.3 Å². The van der Waals surface area contributed by atoms with E-state index in [-0.39, 0.29) is 11.5 Å². The summed E-state index contributed by atoms with van der Waals surface area (Å²) in [6, 6.07) is 0.339. The van der Waals surface area contributed by atoms with Gasteiger partial charge in [-0.05, 0) is 24.3 Å². The molecule has 2 heterocycles. The van der Waals surface area contributed by atoms with Gasteiger partial charge in [-0.25, -0.2) is 13.8 Å². The van der Waals surface area contributed by atoms with E-state index < -0.39 is 58.0 Å². The first kappa shape index (κ1) is 24.9. The highest BCUT2D eigenvalue weighted by atomic mass is 19.4. The minimum Gasteiger partial charge on any atom is -0.363 e. The smallest absolute Gasteiger partial charge is 0.363 e. The second-order valence-corrected chi connectivity index (χ2v) is 7.26. The third-order valence-corrected chi connectivity index (χ3v) is 4.64. The quantitative estimate of drug-likeness (QED) is 0.558. The van der Waals surface area contributed by atoms with Crippen LogP contribution in [0.3, 0.4) is 0 Å². The molecule has 0 atom stereocenters. The first-order valence-corrected chi connectivity index (χ1v) is 9.24. The number of carbonyl (C=O) groups excluding carboxylic acids is 1. The van der Waals surface area contributed by atoms with Gasteiger partial charge < -0.3 is 10.2 Å². The van der Waals surface area contributed by atoms with E-state index in [1.165, 1.54) is 11.0 Å². The summed E-state index contributed by atoms with van der Waals surface area (Å²) in [6.07, 6.45) is -11.3. The summed E-state index contributed by atoms with van der Waals surface area (Å²) in [5, 5.41) is 0.361. The lowest BCUT2D eigenvalue weighted by Crippen LogP contribution is -2.55. The van der Waals surface area contributed by atoms with Gasteiger partial charge >= 0.3 is 12.4 Å². The van der Waals surface area contributed by atoms with E-state index in [0.29, 0.717) is 12.3 Å². The highest BCUT2D eigenvalue weighted by Crippen LogP contribution is 2.33. The number of aromatic nitrogens is 2. The first-order valence-electron chi connectivity index (χ1n) is 9.24. The largest absolute Gasteiger partial charge is 0.417 e. The molecule has 0 aliphatic rings. The summed E-state index contributed by atoms with van der Waals surface area (Å²) in [6.45, 7) is 0. The molecule has 14 heteroatoms. The molecule has 182 valence electrons. The van der Waals surface area contributed by atoms with Crippen LogP contribution in [-0.2, 0) is 0 Å². The molecule has 2 aromatic heterocycles. The Morgan fingerprint density at radius 2 is 1.65 bits per heavy atom. The molecule has 0 spiro atoms. The number of hydrogen-bond acceptors (Lipinski definition) is 4. The number of nitrogens with one attached hydrogen (secondary N) is 1. The number of hydrogen-bond donors (Lipinski definition) is 1. The average molecular weight is 494 g/mol. The summed E-state index contributed by atoms with van der Waals surface area (Å²) in [5.74, 6) is -3.93. The fourth-order valence-corrected chi connectivity index (χ4v) is 3.02. The van der Waals surface area contributed by atoms with Crippen molar-refractivity contribution in [2.45, 2.75) is 18.4 Å². The summed E-state index contributed by atoms with van der Waals surface area (Å²) in [4.78, 5) is 30.9. The lowest BCUT2D eigenvalue weighted by atomic mass is 10.1. The molecule has 0 unspecified atom stereocenters. The number of alkyl halides is 6. The summed E-state index contributed by atoms with van der Waals surface area (Å²) >= 11 is 0. The molecule has 0 fully saturated rings. The Hall–Kier alpha value is -3.71. The Kier molecular flexibility index (Phi) is 6.28. The van der Waals surface area contributed by atoms with E-state index in [0.717, 1.165) is 28.1 Å². The average Bonchev–Trinajstić information content (AvgIpc) is 2.70. The van der Waals surface area contributed by atoms with Crippen molar-refractivity contribution >= 4 is 22.8 Å². The monoisotopic (exact) mass is 494 g/mol. The molecule has 1 amide bonds. The molecule has 3 rings (SSSR count). The van der Waals surface area contributed by atoms with Gasteiger partial charge in [-0.2, -0.15) is 26.3 Å². The van der Waals surface area contributed by atoms with Crippen molar-refractivity contribution in [3.05, 3.63) is 63.9 Å². The number of anilines is 1. The number of amides is 1. The number of nitrogens with zero attached hydrogens (tertiary/aromatic N) is 3. The van der Waals surface area contributed by atoms with Gasteiger partial charge in [-0.15, -0.1) is 0 Å². The number of benzene rings is 1. The summed E-state index contributed by atoms with van der Waals surface area (Å²) < 4.78 is 106. The predicted molar refractivity (Wildman–Crippen MR) is 105 cm³/mol. The van der Waals surface area contributed by atoms with Crippen LogP contribution in [0.25, 0.3) is 16.7 Å². The third kappa shape index (κ3) is 4.79. The van der Waals surface area contributed by atoms with Crippen LogP contribution in [0.4, 0.5) is 40.9 Å². The summed E-state index contributed by atoms with van der Waals surface area (Å²) in [7, 11) is 3.15. The molecule has 1 N–H and O–H groups in total. The van der Waals surface area contributed by atoms with Crippen LogP contribution < -0.4 is 15.6 Å². The Morgan fingerprint density at radius 3 is 2.18 bits per heavy atom. The van der Waals surface area contributed by atoms with E-state index in [2.05, 4.69) is 4.98 Å². The van der Waals surface area contributed by atoms with Crippen LogP contribution in [0.5, 0.6) is 0 Å².